The molecule has 1 aromatic carbocycles. The summed E-state index contributed by atoms with van der Waals surface area (Å²) in [6.45, 7) is 4.61. The summed E-state index contributed by atoms with van der Waals surface area (Å²) >= 11 is 0. The average Bonchev–Trinajstić information content (AvgIpc) is 2.74. The molecule has 1 fully saturated rings. The van der Waals surface area contributed by atoms with Gasteiger partial charge in [0.25, 0.3) is 0 Å². The fourth-order valence-electron chi connectivity index (χ4n) is 4.51. The van der Waals surface area contributed by atoms with E-state index < -0.39 is 0 Å². The minimum absolute atomic E-state index is 0.768. The van der Waals surface area contributed by atoms with Crippen LogP contribution in [-0.4, -0.2) is 4.98 Å². The second-order valence-corrected chi connectivity index (χ2v) is 8.46. The molecule has 1 aromatic heterocycles. The van der Waals surface area contributed by atoms with Gasteiger partial charge in [0.05, 0.1) is 5.69 Å². The van der Waals surface area contributed by atoms with Crippen molar-refractivity contribution in [3.05, 3.63) is 53.7 Å². The van der Waals surface area contributed by atoms with E-state index in [4.69, 9.17) is 4.98 Å². The van der Waals surface area contributed by atoms with Gasteiger partial charge in [-0.05, 0) is 67.6 Å². The lowest BCUT2D eigenvalue weighted by atomic mass is 9.78. The summed E-state index contributed by atoms with van der Waals surface area (Å²) in [4.78, 5) is 4.73. The number of nitrogens with zero attached hydrogens (tertiary/aromatic N) is 1. The van der Waals surface area contributed by atoms with Gasteiger partial charge in [0.2, 0.25) is 0 Å². The van der Waals surface area contributed by atoms with Crippen LogP contribution in [0.5, 0.6) is 0 Å². The highest BCUT2D eigenvalue weighted by Crippen LogP contribution is 2.37. The zero-order chi connectivity index (χ0) is 18.9. The Morgan fingerprint density at radius 3 is 2.19 bits per heavy atom. The van der Waals surface area contributed by atoms with E-state index in [1.807, 2.05) is 0 Å². The third-order valence-electron chi connectivity index (χ3n) is 6.50. The Morgan fingerprint density at radius 2 is 1.56 bits per heavy atom. The van der Waals surface area contributed by atoms with E-state index in [2.05, 4.69) is 56.4 Å². The van der Waals surface area contributed by atoms with Gasteiger partial charge in [0.1, 0.15) is 0 Å². The average molecular weight is 364 g/mol. The van der Waals surface area contributed by atoms with E-state index in [0.29, 0.717) is 0 Å². The molecule has 1 nitrogen and oxygen atoms in total. The summed E-state index contributed by atoms with van der Waals surface area (Å²) in [5, 5.41) is 0. The normalized spacial score (nSPS) is 19.9. The fourth-order valence-corrected chi connectivity index (χ4v) is 4.51. The van der Waals surface area contributed by atoms with Gasteiger partial charge in [-0.2, -0.15) is 0 Å². The molecule has 1 aliphatic rings. The fraction of sp³-hybridized carbons (Fsp3) is 0.577. The summed E-state index contributed by atoms with van der Waals surface area (Å²) in [5.41, 5.74) is 5.25. The molecule has 3 rings (SSSR count). The zero-order valence-corrected chi connectivity index (χ0v) is 17.4. The van der Waals surface area contributed by atoms with Crippen LogP contribution in [0.15, 0.2) is 42.6 Å². The minimum Gasteiger partial charge on any atom is -0.256 e. The highest BCUT2D eigenvalue weighted by Gasteiger charge is 2.21. The van der Waals surface area contributed by atoms with Crippen LogP contribution in [0.2, 0.25) is 0 Å². The maximum Gasteiger partial charge on any atom is 0.0702 e. The molecule has 2 aromatic rings. The van der Waals surface area contributed by atoms with Gasteiger partial charge in [-0.3, -0.25) is 4.98 Å². The van der Waals surface area contributed by atoms with Crippen molar-refractivity contribution in [1.82, 2.24) is 4.98 Å². The first-order chi connectivity index (χ1) is 13.3. The Bertz CT molecular complexity index is 648. The molecule has 1 heterocycles. The van der Waals surface area contributed by atoms with Crippen LogP contribution < -0.4 is 0 Å². The van der Waals surface area contributed by atoms with E-state index in [1.165, 1.54) is 80.9 Å². The zero-order valence-electron chi connectivity index (χ0n) is 17.4. The first kappa shape index (κ1) is 20.1. The predicted molar refractivity (Wildman–Crippen MR) is 117 cm³/mol. The molecular formula is C26H37N. The van der Waals surface area contributed by atoms with Gasteiger partial charge in [0.15, 0.2) is 0 Å². The monoisotopic (exact) mass is 363 g/mol. The van der Waals surface area contributed by atoms with Gasteiger partial charge < -0.3 is 0 Å². The van der Waals surface area contributed by atoms with Crippen LogP contribution in [-0.2, 0) is 6.42 Å². The van der Waals surface area contributed by atoms with Crippen molar-refractivity contribution >= 4 is 0 Å². The molecule has 0 spiro atoms. The molecule has 0 bridgehead atoms. The molecule has 146 valence electrons. The maximum atomic E-state index is 4.73. The van der Waals surface area contributed by atoms with Crippen molar-refractivity contribution < 1.29 is 0 Å². The lowest BCUT2D eigenvalue weighted by molar-refractivity contribution is 0.319. The molecule has 0 radical (unpaired) electrons. The van der Waals surface area contributed by atoms with Crippen molar-refractivity contribution in [2.45, 2.75) is 90.4 Å². The lowest BCUT2D eigenvalue weighted by Crippen LogP contribution is -2.12. The molecule has 0 amide bonds. The Kier molecular flexibility index (Phi) is 7.93. The number of benzene rings is 1. The Hall–Kier alpha value is -1.63. The molecule has 27 heavy (non-hydrogen) atoms. The smallest absolute Gasteiger partial charge is 0.0702 e. The van der Waals surface area contributed by atoms with Gasteiger partial charge in [-0.15, -0.1) is 0 Å². The van der Waals surface area contributed by atoms with E-state index in [-0.39, 0.29) is 0 Å². The molecule has 1 saturated carbocycles. The SMILES string of the molecule is CCCCCCCc1ccc(-c2ccc(C3CCC(CC)CC3)cc2)nc1. The van der Waals surface area contributed by atoms with Gasteiger partial charge in [-0.1, -0.05) is 76.3 Å². The molecule has 0 N–H and O–H groups in total. The molecule has 0 atom stereocenters. The lowest BCUT2D eigenvalue weighted by Gasteiger charge is -2.28. The first-order valence-electron chi connectivity index (χ1n) is 11.4. The second kappa shape index (κ2) is 10.6. The third kappa shape index (κ3) is 5.92. The van der Waals surface area contributed by atoms with Crippen LogP contribution >= 0.6 is 0 Å². The van der Waals surface area contributed by atoms with Gasteiger partial charge >= 0.3 is 0 Å². The van der Waals surface area contributed by atoms with Crippen LogP contribution in [0.3, 0.4) is 0 Å². The second-order valence-electron chi connectivity index (χ2n) is 8.46. The molecule has 0 aliphatic heterocycles. The van der Waals surface area contributed by atoms with E-state index in [1.54, 1.807) is 0 Å². The molecule has 0 unspecified atom stereocenters. The van der Waals surface area contributed by atoms with E-state index >= 15 is 0 Å². The van der Waals surface area contributed by atoms with Crippen molar-refractivity contribution in [2.24, 2.45) is 5.92 Å². The van der Waals surface area contributed by atoms with E-state index in [0.717, 1.165) is 24.0 Å². The van der Waals surface area contributed by atoms with Gasteiger partial charge in [0, 0.05) is 11.8 Å². The Morgan fingerprint density at radius 1 is 0.815 bits per heavy atom. The van der Waals surface area contributed by atoms with Crippen LogP contribution in [0, 0.1) is 5.92 Å². The number of unbranched alkanes of at least 4 members (excludes halogenated alkanes) is 4. The summed E-state index contributed by atoms with van der Waals surface area (Å²) in [6.07, 6.45) is 16.8. The molecular weight excluding hydrogens is 326 g/mol. The first-order valence-corrected chi connectivity index (χ1v) is 11.4. The van der Waals surface area contributed by atoms with Crippen molar-refractivity contribution in [3.8, 4) is 11.3 Å². The van der Waals surface area contributed by atoms with Crippen LogP contribution in [0.1, 0.15) is 95.1 Å². The molecule has 0 saturated heterocycles. The standard InChI is InChI=1S/C26H37N/c1-3-5-6-7-8-9-22-12-19-26(27-20-22)25-17-15-24(16-18-25)23-13-10-21(4-2)11-14-23/h12,15-21,23H,3-11,13-14H2,1-2H3. The summed E-state index contributed by atoms with van der Waals surface area (Å²) in [5.74, 6) is 1.74. The van der Waals surface area contributed by atoms with Crippen LogP contribution in [0.25, 0.3) is 11.3 Å². The summed E-state index contributed by atoms with van der Waals surface area (Å²) < 4.78 is 0. The molecule has 1 aliphatic carbocycles. The third-order valence-corrected chi connectivity index (χ3v) is 6.50. The maximum absolute atomic E-state index is 4.73. The Balaban J connectivity index is 1.52. The largest absolute Gasteiger partial charge is 0.256 e. The number of aryl methyl sites for hydroxylation is 1. The van der Waals surface area contributed by atoms with Gasteiger partial charge in [-0.25, -0.2) is 0 Å². The number of hydrogen-bond acceptors (Lipinski definition) is 1. The predicted octanol–water partition coefficient (Wildman–Crippen LogP) is 7.95. The highest BCUT2D eigenvalue weighted by atomic mass is 14.7. The Labute approximate surface area is 166 Å². The van der Waals surface area contributed by atoms with Crippen LogP contribution in [0.4, 0.5) is 0 Å². The number of pyridine rings is 1. The van der Waals surface area contributed by atoms with Crippen molar-refractivity contribution in [1.29, 1.82) is 0 Å². The van der Waals surface area contributed by atoms with Crippen molar-refractivity contribution in [2.75, 3.05) is 0 Å². The number of rotatable bonds is 9. The highest BCUT2D eigenvalue weighted by molar-refractivity contribution is 5.59. The number of aromatic nitrogens is 1. The quantitative estimate of drug-likeness (QED) is 0.412. The summed E-state index contributed by atoms with van der Waals surface area (Å²) in [7, 11) is 0. The van der Waals surface area contributed by atoms with Crippen molar-refractivity contribution in [3.63, 3.8) is 0 Å². The topological polar surface area (TPSA) is 12.9 Å². The summed E-state index contributed by atoms with van der Waals surface area (Å²) in [6, 6.07) is 13.7. The minimum atomic E-state index is 0.768. The number of hydrogen-bond donors (Lipinski definition) is 0. The van der Waals surface area contributed by atoms with E-state index in [9.17, 15) is 0 Å². The molecule has 1 heteroatoms.